The predicted molar refractivity (Wildman–Crippen MR) is 96.2 cm³/mol. The van der Waals surface area contributed by atoms with Crippen LogP contribution in [0.3, 0.4) is 0 Å². The highest BCUT2D eigenvalue weighted by atomic mass is 35.5. The van der Waals surface area contributed by atoms with E-state index in [1.165, 1.54) is 31.2 Å². The van der Waals surface area contributed by atoms with Crippen LogP contribution < -0.4 is 10.6 Å². The highest BCUT2D eigenvalue weighted by Gasteiger charge is 2.54. The molecule has 4 nitrogen and oxygen atoms in total. The maximum atomic E-state index is 12.9. The number of piperidine rings is 1. The van der Waals surface area contributed by atoms with Crippen molar-refractivity contribution in [3.63, 3.8) is 0 Å². The molecule has 0 spiro atoms. The molecule has 3 fully saturated rings. The number of amides is 2. The second-order valence-electron chi connectivity index (χ2n) is 7.43. The molecular formula is C19H26ClN3O. The fourth-order valence-electron chi connectivity index (χ4n) is 5.10. The van der Waals surface area contributed by atoms with Gasteiger partial charge in [-0.15, -0.1) is 0 Å². The second-order valence-corrected chi connectivity index (χ2v) is 7.86. The van der Waals surface area contributed by atoms with Crippen LogP contribution in [0.1, 0.15) is 44.1 Å². The number of carbonyl (C=O) groups is 1. The highest BCUT2D eigenvalue weighted by Crippen LogP contribution is 2.48. The third kappa shape index (κ3) is 2.60. The summed E-state index contributed by atoms with van der Waals surface area (Å²) in [5, 5.41) is 7.35. The SMILES string of the molecule is O=C1NC[C@](c2cccc(Cl)c2)(C2CCCC2)N1C1CCNCC1. The van der Waals surface area contributed by atoms with Crippen molar-refractivity contribution in [1.82, 2.24) is 15.5 Å². The van der Waals surface area contributed by atoms with Gasteiger partial charge < -0.3 is 15.5 Å². The van der Waals surface area contributed by atoms with Gasteiger partial charge in [-0.3, -0.25) is 0 Å². The molecule has 1 saturated carbocycles. The third-order valence-corrected chi connectivity index (χ3v) is 6.42. The van der Waals surface area contributed by atoms with Gasteiger partial charge in [0.25, 0.3) is 0 Å². The Kier molecular flexibility index (Phi) is 4.44. The molecule has 1 atom stereocenters. The normalized spacial score (nSPS) is 29.2. The number of benzene rings is 1. The number of nitrogens with zero attached hydrogens (tertiary/aromatic N) is 1. The first-order chi connectivity index (χ1) is 11.7. The minimum absolute atomic E-state index is 0.105. The lowest BCUT2D eigenvalue weighted by atomic mass is 9.75. The lowest BCUT2D eigenvalue weighted by Gasteiger charge is -2.47. The minimum Gasteiger partial charge on any atom is -0.335 e. The summed E-state index contributed by atoms with van der Waals surface area (Å²) in [6.07, 6.45) is 6.99. The number of hydrogen-bond acceptors (Lipinski definition) is 2. The van der Waals surface area contributed by atoms with E-state index in [1.54, 1.807) is 0 Å². The molecule has 1 aromatic rings. The second kappa shape index (κ2) is 6.57. The lowest BCUT2D eigenvalue weighted by molar-refractivity contribution is 0.0532. The Labute approximate surface area is 148 Å². The molecule has 2 N–H and O–H groups in total. The number of carbonyl (C=O) groups excluding carboxylic acids is 1. The van der Waals surface area contributed by atoms with Crippen LogP contribution in [-0.4, -0.2) is 36.6 Å². The molecule has 3 aliphatic rings. The fourth-order valence-corrected chi connectivity index (χ4v) is 5.29. The summed E-state index contributed by atoms with van der Waals surface area (Å²) < 4.78 is 0. The number of nitrogens with one attached hydrogen (secondary N) is 2. The maximum absolute atomic E-state index is 12.9. The summed E-state index contributed by atoms with van der Waals surface area (Å²) in [6.45, 7) is 2.69. The van der Waals surface area contributed by atoms with Crippen LogP contribution in [0.2, 0.25) is 5.02 Å². The van der Waals surface area contributed by atoms with Gasteiger partial charge in [-0.25, -0.2) is 4.79 Å². The third-order valence-electron chi connectivity index (χ3n) is 6.19. The largest absolute Gasteiger partial charge is 0.335 e. The van der Waals surface area contributed by atoms with Crippen molar-refractivity contribution in [2.75, 3.05) is 19.6 Å². The van der Waals surface area contributed by atoms with Gasteiger partial charge in [-0.05, 0) is 62.4 Å². The first kappa shape index (κ1) is 16.2. The van der Waals surface area contributed by atoms with E-state index in [9.17, 15) is 4.79 Å². The molecule has 0 bridgehead atoms. The Bertz CT molecular complexity index is 610. The van der Waals surface area contributed by atoms with Crippen molar-refractivity contribution < 1.29 is 4.79 Å². The summed E-state index contributed by atoms with van der Waals surface area (Å²) in [4.78, 5) is 15.1. The molecule has 130 valence electrons. The summed E-state index contributed by atoms with van der Waals surface area (Å²) in [7, 11) is 0. The van der Waals surface area contributed by atoms with E-state index >= 15 is 0 Å². The zero-order chi connectivity index (χ0) is 16.6. The lowest BCUT2D eigenvalue weighted by Crippen LogP contribution is -2.56. The monoisotopic (exact) mass is 347 g/mol. The molecule has 1 aromatic carbocycles. The standard InChI is InChI=1S/C19H26ClN3O/c20-16-7-3-6-15(12-16)19(14-4-1-2-5-14)13-22-18(24)23(19)17-8-10-21-11-9-17/h3,6-7,12,14,17,21H,1-2,4-5,8-11,13H2,(H,22,24)/t19-/m1/s1. The summed E-state index contributed by atoms with van der Waals surface area (Å²) in [5.74, 6) is 0.518. The van der Waals surface area contributed by atoms with Crippen LogP contribution in [0.5, 0.6) is 0 Å². The Morgan fingerprint density at radius 2 is 1.88 bits per heavy atom. The van der Waals surface area contributed by atoms with E-state index in [-0.39, 0.29) is 11.6 Å². The molecule has 2 amide bonds. The zero-order valence-corrected chi connectivity index (χ0v) is 14.8. The Hall–Kier alpha value is -1.26. The molecule has 2 saturated heterocycles. The minimum atomic E-state index is -0.236. The van der Waals surface area contributed by atoms with E-state index < -0.39 is 0 Å². The quantitative estimate of drug-likeness (QED) is 0.878. The first-order valence-corrected chi connectivity index (χ1v) is 9.63. The van der Waals surface area contributed by atoms with E-state index in [0.717, 1.165) is 31.0 Å². The zero-order valence-electron chi connectivity index (χ0n) is 14.1. The molecule has 0 aromatic heterocycles. The first-order valence-electron chi connectivity index (χ1n) is 9.26. The van der Waals surface area contributed by atoms with Gasteiger partial charge in [0.15, 0.2) is 0 Å². The highest BCUT2D eigenvalue weighted by molar-refractivity contribution is 6.30. The van der Waals surface area contributed by atoms with Gasteiger partial charge in [0, 0.05) is 17.6 Å². The molecule has 2 aliphatic heterocycles. The average Bonchev–Trinajstić information content (AvgIpc) is 3.24. The van der Waals surface area contributed by atoms with Gasteiger partial charge in [-0.2, -0.15) is 0 Å². The number of halogens is 1. The van der Waals surface area contributed by atoms with Crippen LogP contribution in [0, 0.1) is 5.92 Å². The number of hydrogen-bond donors (Lipinski definition) is 2. The molecule has 0 radical (unpaired) electrons. The molecule has 2 heterocycles. The van der Waals surface area contributed by atoms with E-state index in [0.29, 0.717) is 18.5 Å². The van der Waals surface area contributed by atoms with Gasteiger partial charge in [-0.1, -0.05) is 36.6 Å². The van der Waals surface area contributed by atoms with Crippen LogP contribution in [0.15, 0.2) is 24.3 Å². The molecule has 24 heavy (non-hydrogen) atoms. The van der Waals surface area contributed by atoms with Gasteiger partial charge in [0.2, 0.25) is 0 Å². The Morgan fingerprint density at radius 3 is 2.58 bits per heavy atom. The fraction of sp³-hybridized carbons (Fsp3) is 0.632. The molecule has 1 aliphatic carbocycles. The molecular weight excluding hydrogens is 322 g/mol. The number of rotatable bonds is 3. The maximum Gasteiger partial charge on any atom is 0.318 e. The average molecular weight is 348 g/mol. The van der Waals surface area contributed by atoms with E-state index in [4.69, 9.17) is 11.6 Å². The topological polar surface area (TPSA) is 44.4 Å². The van der Waals surface area contributed by atoms with Crippen molar-refractivity contribution in [3.8, 4) is 0 Å². The van der Waals surface area contributed by atoms with Crippen LogP contribution >= 0.6 is 11.6 Å². The van der Waals surface area contributed by atoms with Gasteiger partial charge >= 0.3 is 6.03 Å². The smallest absolute Gasteiger partial charge is 0.318 e. The van der Waals surface area contributed by atoms with Crippen molar-refractivity contribution in [1.29, 1.82) is 0 Å². The summed E-state index contributed by atoms with van der Waals surface area (Å²) in [5.41, 5.74) is 0.972. The van der Waals surface area contributed by atoms with E-state index in [1.807, 2.05) is 12.1 Å². The van der Waals surface area contributed by atoms with Gasteiger partial charge in [0.1, 0.15) is 0 Å². The molecule has 4 rings (SSSR count). The van der Waals surface area contributed by atoms with Gasteiger partial charge in [0.05, 0.1) is 5.54 Å². The number of urea groups is 1. The van der Waals surface area contributed by atoms with Crippen molar-refractivity contribution in [2.45, 2.75) is 50.1 Å². The van der Waals surface area contributed by atoms with Crippen LogP contribution in [-0.2, 0) is 5.54 Å². The molecule has 5 heteroatoms. The van der Waals surface area contributed by atoms with Crippen LogP contribution in [0.25, 0.3) is 0 Å². The van der Waals surface area contributed by atoms with E-state index in [2.05, 4.69) is 27.7 Å². The predicted octanol–water partition coefficient (Wildman–Crippen LogP) is 3.50. The van der Waals surface area contributed by atoms with Crippen LogP contribution in [0.4, 0.5) is 4.79 Å². The van der Waals surface area contributed by atoms with Crippen molar-refractivity contribution >= 4 is 17.6 Å². The summed E-state index contributed by atoms with van der Waals surface area (Å²) >= 11 is 6.33. The van der Waals surface area contributed by atoms with Crippen molar-refractivity contribution in [2.24, 2.45) is 5.92 Å². The molecule has 0 unspecified atom stereocenters. The van der Waals surface area contributed by atoms with Crippen molar-refractivity contribution in [3.05, 3.63) is 34.9 Å². The Balaban J connectivity index is 1.80. The summed E-state index contributed by atoms with van der Waals surface area (Å²) in [6, 6.07) is 8.61. The Morgan fingerprint density at radius 1 is 1.12 bits per heavy atom.